The van der Waals surface area contributed by atoms with Crippen molar-refractivity contribution in [3.63, 3.8) is 0 Å². The predicted octanol–water partition coefficient (Wildman–Crippen LogP) is 2.22. The second-order valence-electron chi connectivity index (χ2n) is 4.15. The number of nitro groups is 1. The molecule has 1 aromatic carbocycles. The Bertz CT molecular complexity index is 522. The third-order valence-corrected chi connectivity index (χ3v) is 2.71. The minimum absolute atomic E-state index is 0.0551. The molecule has 0 saturated carbocycles. The number of amides is 1. The van der Waals surface area contributed by atoms with Gasteiger partial charge in [0, 0.05) is 19.2 Å². The molecule has 0 aromatic heterocycles. The first-order valence-electron chi connectivity index (χ1n) is 5.93. The summed E-state index contributed by atoms with van der Waals surface area (Å²) in [5, 5.41) is 19.7. The SMILES string of the molecule is CCN(CC(C)C#N)C(=O)c1ccccc1[N+](=O)[O-]. The number of nitrogens with zero attached hydrogens (tertiary/aromatic N) is 3. The average molecular weight is 261 g/mol. The summed E-state index contributed by atoms with van der Waals surface area (Å²) in [7, 11) is 0. The second kappa shape index (κ2) is 6.50. The molecule has 100 valence electrons. The van der Waals surface area contributed by atoms with E-state index >= 15 is 0 Å². The number of para-hydroxylation sites is 1. The number of hydrogen-bond acceptors (Lipinski definition) is 4. The normalized spacial score (nSPS) is 11.4. The molecule has 0 heterocycles. The first-order valence-corrected chi connectivity index (χ1v) is 5.93. The van der Waals surface area contributed by atoms with Gasteiger partial charge in [0.2, 0.25) is 0 Å². The van der Waals surface area contributed by atoms with Gasteiger partial charge in [-0.15, -0.1) is 0 Å². The van der Waals surface area contributed by atoms with Gasteiger partial charge in [0.15, 0.2) is 0 Å². The van der Waals surface area contributed by atoms with Crippen molar-refractivity contribution in [2.24, 2.45) is 5.92 Å². The van der Waals surface area contributed by atoms with Gasteiger partial charge in [0.25, 0.3) is 11.6 Å². The standard InChI is InChI=1S/C13H15N3O3/c1-3-15(9-10(2)8-14)13(17)11-6-4-5-7-12(11)16(18)19/h4-7,10H,3,9H2,1-2H3. The molecule has 0 aliphatic carbocycles. The maximum absolute atomic E-state index is 12.3. The Morgan fingerprint density at radius 2 is 2.16 bits per heavy atom. The molecule has 6 heteroatoms. The Morgan fingerprint density at radius 1 is 1.53 bits per heavy atom. The molecule has 1 rings (SSSR count). The monoisotopic (exact) mass is 261 g/mol. The summed E-state index contributed by atoms with van der Waals surface area (Å²) in [6.45, 7) is 4.14. The molecule has 0 radical (unpaired) electrons. The van der Waals surface area contributed by atoms with Gasteiger partial charge in [-0.3, -0.25) is 14.9 Å². The summed E-state index contributed by atoms with van der Waals surface area (Å²) in [5.41, 5.74) is -0.157. The Labute approximate surface area is 111 Å². The summed E-state index contributed by atoms with van der Waals surface area (Å²) in [5.74, 6) is -0.733. The Kier molecular flexibility index (Phi) is 5.01. The van der Waals surface area contributed by atoms with E-state index < -0.39 is 10.8 Å². The van der Waals surface area contributed by atoms with Gasteiger partial charge < -0.3 is 4.90 Å². The molecule has 0 spiro atoms. The van der Waals surface area contributed by atoms with Crippen LogP contribution >= 0.6 is 0 Å². The summed E-state index contributed by atoms with van der Waals surface area (Å²) >= 11 is 0. The highest BCUT2D eigenvalue weighted by Crippen LogP contribution is 2.20. The summed E-state index contributed by atoms with van der Waals surface area (Å²) in [4.78, 5) is 24.0. The first-order chi connectivity index (χ1) is 9.01. The molecule has 0 bridgehead atoms. The molecule has 1 atom stereocenters. The summed E-state index contributed by atoms with van der Waals surface area (Å²) in [6, 6.07) is 7.88. The zero-order chi connectivity index (χ0) is 14.4. The fourth-order valence-corrected chi connectivity index (χ4v) is 1.71. The van der Waals surface area contributed by atoms with Crippen LogP contribution in [0.1, 0.15) is 24.2 Å². The van der Waals surface area contributed by atoms with Crippen LogP contribution in [-0.4, -0.2) is 28.8 Å². The number of nitro benzene ring substituents is 1. The molecular weight excluding hydrogens is 246 g/mol. The molecule has 0 saturated heterocycles. The Balaban J connectivity index is 3.05. The van der Waals surface area contributed by atoms with Gasteiger partial charge in [-0.05, 0) is 19.9 Å². The van der Waals surface area contributed by atoms with Crippen molar-refractivity contribution in [1.82, 2.24) is 4.90 Å². The average Bonchev–Trinajstić information content (AvgIpc) is 2.43. The van der Waals surface area contributed by atoms with Crippen LogP contribution in [0.2, 0.25) is 0 Å². The lowest BCUT2D eigenvalue weighted by Gasteiger charge is -2.21. The lowest BCUT2D eigenvalue weighted by molar-refractivity contribution is -0.385. The molecule has 1 unspecified atom stereocenters. The van der Waals surface area contributed by atoms with Gasteiger partial charge in [-0.25, -0.2) is 0 Å². The Morgan fingerprint density at radius 3 is 2.68 bits per heavy atom. The Hall–Kier alpha value is -2.42. The number of benzene rings is 1. The number of hydrogen-bond donors (Lipinski definition) is 0. The molecule has 1 amide bonds. The zero-order valence-electron chi connectivity index (χ0n) is 10.9. The van der Waals surface area contributed by atoms with E-state index in [0.29, 0.717) is 6.54 Å². The largest absolute Gasteiger partial charge is 0.337 e. The highest BCUT2D eigenvalue weighted by Gasteiger charge is 2.24. The minimum atomic E-state index is -0.575. The predicted molar refractivity (Wildman–Crippen MR) is 69.5 cm³/mol. The van der Waals surface area contributed by atoms with Gasteiger partial charge in [0.1, 0.15) is 5.56 Å². The molecule has 1 aromatic rings. The summed E-state index contributed by atoms with van der Waals surface area (Å²) < 4.78 is 0. The lowest BCUT2D eigenvalue weighted by Crippen LogP contribution is -2.34. The van der Waals surface area contributed by atoms with Gasteiger partial charge in [-0.2, -0.15) is 5.26 Å². The fourth-order valence-electron chi connectivity index (χ4n) is 1.71. The maximum Gasteiger partial charge on any atom is 0.282 e. The smallest absolute Gasteiger partial charge is 0.282 e. The fraction of sp³-hybridized carbons (Fsp3) is 0.385. The molecule has 0 fully saturated rings. The van der Waals surface area contributed by atoms with E-state index in [1.165, 1.54) is 23.1 Å². The van der Waals surface area contributed by atoms with E-state index in [4.69, 9.17) is 5.26 Å². The number of nitriles is 1. The summed E-state index contributed by atoms with van der Waals surface area (Å²) in [6.07, 6.45) is 0. The highest BCUT2D eigenvalue weighted by atomic mass is 16.6. The van der Waals surface area contributed by atoms with Crippen LogP contribution in [0.25, 0.3) is 0 Å². The minimum Gasteiger partial charge on any atom is -0.337 e. The van der Waals surface area contributed by atoms with Crippen LogP contribution in [0, 0.1) is 27.4 Å². The van der Waals surface area contributed by atoms with Crippen molar-refractivity contribution in [3.05, 3.63) is 39.9 Å². The van der Waals surface area contributed by atoms with Gasteiger partial charge in [-0.1, -0.05) is 12.1 Å². The third-order valence-electron chi connectivity index (χ3n) is 2.71. The molecule has 0 aliphatic heterocycles. The van der Waals surface area contributed by atoms with E-state index in [2.05, 4.69) is 0 Å². The van der Waals surface area contributed by atoms with E-state index in [-0.39, 0.29) is 23.7 Å². The number of carbonyl (C=O) groups is 1. The van der Waals surface area contributed by atoms with E-state index in [0.717, 1.165) is 0 Å². The van der Waals surface area contributed by atoms with Crippen molar-refractivity contribution in [3.8, 4) is 6.07 Å². The quantitative estimate of drug-likeness (QED) is 0.600. The van der Waals surface area contributed by atoms with Crippen LogP contribution in [0.15, 0.2) is 24.3 Å². The molecular formula is C13H15N3O3. The van der Waals surface area contributed by atoms with Crippen LogP contribution in [0.5, 0.6) is 0 Å². The van der Waals surface area contributed by atoms with Crippen LogP contribution in [0.4, 0.5) is 5.69 Å². The number of carbonyl (C=O) groups excluding carboxylic acids is 1. The van der Waals surface area contributed by atoms with Crippen molar-refractivity contribution < 1.29 is 9.72 Å². The maximum atomic E-state index is 12.3. The molecule has 6 nitrogen and oxygen atoms in total. The van der Waals surface area contributed by atoms with Crippen LogP contribution in [-0.2, 0) is 0 Å². The zero-order valence-corrected chi connectivity index (χ0v) is 10.9. The van der Waals surface area contributed by atoms with Crippen LogP contribution < -0.4 is 0 Å². The molecule has 0 aliphatic rings. The second-order valence-corrected chi connectivity index (χ2v) is 4.15. The van der Waals surface area contributed by atoms with E-state index in [9.17, 15) is 14.9 Å². The third kappa shape index (κ3) is 3.52. The molecule has 0 N–H and O–H groups in total. The topological polar surface area (TPSA) is 87.2 Å². The first kappa shape index (κ1) is 14.6. The van der Waals surface area contributed by atoms with Crippen molar-refractivity contribution in [2.75, 3.05) is 13.1 Å². The van der Waals surface area contributed by atoms with Crippen molar-refractivity contribution in [1.29, 1.82) is 5.26 Å². The van der Waals surface area contributed by atoms with Gasteiger partial charge in [0.05, 0.1) is 16.9 Å². The highest BCUT2D eigenvalue weighted by molar-refractivity contribution is 5.98. The van der Waals surface area contributed by atoms with Crippen molar-refractivity contribution in [2.45, 2.75) is 13.8 Å². The van der Waals surface area contributed by atoms with Crippen molar-refractivity contribution >= 4 is 11.6 Å². The molecule has 19 heavy (non-hydrogen) atoms. The lowest BCUT2D eigenvalue weighted by atomic mass is 10.1. The van der Waals surface area contributed by atoms with Crippen LogP contribution in [0.3, 0.4) is 0 Å². The number of rotatable bonds is 5. The van der Waals surface area contributed by atoms with E-state index in [1.807, 2.05) is 6.07 Å². The van der Waals surface area contributed by atoms with Gasteiger partial charge >= 0.3 is 0 Å². The van der Waals surface area contributed by atoms with E-state index in [1.54, 1.807) is 19.9 Å².